The minimum Gasteiger partial charge on any atom is -0.103 e. The molecule has 0 bridgehead atoms. The third-order valence-electron chi connectivity index (χ3n) is 1.76. The molecule has 0 saturated carbocycles. The Hall–Kier alpha value is -0.303. The summed E-state index contributed by atoms with van der Waals surface area (Å²) in [4.78, 5) is 0. The van der Waals surface area contributed by atoms with Gasteiger partial charge in [0.2, 0.25) is 0 Å². The smallest absolute Gasteiger partial charge is 0.0488 e. The predicted octanol–water partition coefficient (Wildman–Crippen LogP) is 3.51. The zero-order valence-corrected chi connectivity index (χ0v) is 8.77. The average molecular weight is 167 g/mol. The molecule has 0 aromatic rings. The first-order valence-electron chi connectivity index (χ1n) is 4.23. The second kappa shape index (κ2) is 6.41. The highest BCUT2D eigenvalue weighted by atomic mass is 28.3. The SMILES string of the molecule is C=CCC(C)C[Si](C)CC=C. The van der Waals surface area contributed by atoms with E-state index < -0.39 is 0 Å². The van der Waals surface area contributed by atoms with E-state index in [-0.39, 0.29) is 8.80 Å². The van der Waals surface area contributed by atoms with Gasteiger partial charge in [0.05, 0.1) is 0 Å². The number of allylic oxidation sites excluding steroid dienone is 2. The van der Waals surface area contributed by atoms with Crippen molar-refractivity contribution in [3.05, 3.63) is 25.3 Å². The molecule has 0 aliphatic rings. The lowest BCUT2D eigenvalue weighted by Crippen LogP contribution is -2.09. The maximum atomic E-state index is 3.76. The van der Waals surface area contributed by atoms with Crippen LogP contribution in [0.3, 0.4) is 0 Å². The van der Waals surface area contributed by atoms with Gasteiger partial charge in [0, 0.05) is 8.80 Å². The Bertz CT molecular complexity index is 104. The topological polar surface area (TPSA) is 0 Å². The molecule has 0 saturated heterocycles. The van der Waals surface area contributed by atoms with E-state index in [1.165, 1.54) is 18.5 Å². The van der Waals surface area contributed by atoms with Crippen molar-refractivity contribution in [3.63, 3.8) is 0 Å². The monoisotopic (exact) mass is 167 g/mol. The summed E-state index contributed by atoms with van der Waals surface area (Å²) in [6.07, 6.45) is 5.24. The van der Waals surface area contributed by atoms with Crippen LogP contribution in [0.4, 0.5) is 0 Å². The van der Waals surface area contributed by atoms with Crippen LogP contribution in [0, 0.1) is 5.92 Å². The fraction of sp³-hybridized carbons (Fsp3) is 0.600. The summed E-state index contributed by atoms with van der Waals surface area (Å²) in [5, 5.41) is 0. The Kier molecular flexibility index (Phi) is 6.23. The summed E-state index contributed by atoms with van der Waals surface area (Å²) in [6, 6.07) is 2.63. The maximum absolute atomic E-state index is 3.76. The first-order valence-corrected chi connectivity index (χ1v) is 6.65. The summed E-state index contributed by atoms with van der Waals surface area (Å²) < 4.78 is 0. The van der Waals surface area contributed by atoms with Gasteiger partial charge in [-0.05, 0) is 18.4 Å². The minimum absolute atomic E-state index is 0.127. The number of rotatable bonds is 6. The highest BCUT2D eigenvalue weighted by Gasteiger charge is 2.06. The molecule has 0 aromatic carbocycles. The molecule has 0 spiro atoms. The molecule has 63 valence electrons. The van der Waals surface area contributed by atoms with E-state index in [4.69, 9.17) is 0 Å². The predicted molar refractivity (Wildman–Crippen MR) is 55.4 cm³/mol. The fourth-order valence-electron chi connectivity index (χ4n) is 1.29. The van der Waals surface area contributed by atoms with Gasteiger partial charge in [0.1, 0.15) is 0 Å². The first-order chi connectivity index (χ1) is 5.20. The number of hydrogen-bond donors (Lipinski definition) is 0. The summed E-state index contributed by atoms with van der Waals surface area (Å²) in [5.41, 5.74) is 0. The van der Waals surface area contributed by atoms with E-state index in [0.29, 0.717) is 0 Å². The van der Waals surface area contributed by atoms with Gasteiger partial charge in [-0.2, -0.15) is 0 Å². The first kappa shape index (κ1) is 10.7. The van der Waals surface area contributed by atoms with Crippen molar-refractivity contribution in [1.29, 1.82) is 0 Å². The van der Waals surface area contributed by atoms with Crippen LogP contribution >= 0.6 is 0 Å². The lowest BCUT2D eigenvalue weighted by molar-refractivity contribution is 0.656. The molecule has 0 rings (SSSR count). The molecule has 0 heterocycles. The van der Waals surface area contributed by atoms with Crippen LogP contribution in [0.1, 0.15) is 13.3 Å². The van der Waals surface area contributed by atoms with Crippen LogP contribution in [0.25, 0.3) is 0 Å². The lowest BCUT2D eigenvalue weighted by Gasteiger charge is -2.12. The molecule has 0 fully saturated rings. The molecule has 1 atom stereocenters. The Morgan fingerprint density at radius 3 is 2.45 bits per heavy atom. The van der Waals surface area contributed by atoms with E-state index in [1.807, 2.05) is 6.08 Å². The lowest BCUT2D eigenvalue weighted by atomic mass is 10.1. The second-order valence-corrected chi connectivity index (χ2v) is 6.01. The van der Waals surface area contributed by atoms with Crippen LogP contribution in [0.15, 0.2) is 25.3 Å². The van der Waals surface area contributed by atoms with Gasteiger partial charge >= 0.3 is 0 Å². The van der Waals surface area contributed by atoms with E-state index >= 15 is 0 Å². The van der Waals surface area contributed by atoms with Crippen molar-refractivity contribution >= 4 is 8.80 Å². The largest absolute Gasteiger partial charge is 0.103 e. The zero-order chi connectivity index (χ0) is 8.69. The fourth-order valence-corrected chi connectivity index (χ4v) is 3.31. The molecule has 1 heteroatoms. The highest BCUT2D eigenvalue weighted by molar-refractivity contribution is 6.57. The highest BCUT2D eigenvalue weighted by Crippen LogP contribution is 2.13. The Morgan fingerprint density at radius 1 is 1.36 bits per heavy atom. The molecule has 11 heavy (non-hydrogen) atoms. The van der Waals surface area contributed by atoms with Crippen molar-refractivity contribution in [2.75, 3.05) is 0 Å². The van der Waals surface area contributed by atoms with E-state index in [1.54, 1.807) is 0 Å². The van der Waals surface area contributed by atoms with Crippen molar-refractivity contribution in [1.82, 2.24) is 0 Å². The maximum Gasteiger partial charge on any atom is 0.0488 e. The zero-order valence-electron chi connectivity index (χ0n) is 7.77. The molecule has 0 aliphatic heterocycles. The van der Waals surface area contributed by atoms with Crippen molar-refractivity contribution in [2.45, 2.75) is 32.0 Å². The van der Waals surface area contributed by atoms with Crippen LogP contribution in [-0.4, -0.2) is 8.80 Å². The van der Waals surface area contributed by atoms with Crippen LogP contribution in [0.5, 0.6) is 0 Å². The summed E-state index contributed by atoms with van der Waals surface area (Å²) in [5.74, 6) is 0.825. The molecule has 0 nitrogen and oxygen atoms in total. The van der Waals surface area contributed by atoms with Gasteiger partial charge < -0.3 is 0 Å². The molecule has 0 aromatic heterocycles. The summed E-state index contributed by atoms with van der Waals surface area (Å²) in [7, 11) is -0.127. The van der Waals surface area contributed by atoms with E-state index in [2.05, 4.69) is 32.7 Å². The third kappa shape index (κ3) is 6.11. The summed E-state index contributed by atoms with van der Waals surface area (Å²) >= 11 is 0. The summed E-state index contributed by atoms with van der Waals surface area (Å²) in [6.45, 7) is 12.2. The second-order valence-electron chi connectivity index (χ2n) is 3.28. The Labute approximate surface area is 72.6 Å². The Morgan fingerprint density at radius 2 is 2.00 bits per heavy atom. The molecule has 1 unspecified atom stereocenters. The van der Waals surface area contributed by atoms with Gasteiger partial charge in [-0.15, -0.1) is 13.2 Å². The van der Waals surface area contributed by atoms with Gasteiger partial charge in [0.25, 0.3) is 0 Å². The van der Waals surface area contributed by atoms with E-state index in [0.717, 1.165) is 5.92 Å². The van der Waals surface area contributed by atoms with Crippen molar-refractivity contribution in [2.24, 2.45) is 5.92 Å². The third-order valence-corrected chi connectivity index (χ3v) is 4.14. The molecule has 0 amide bonds. The van der Waals surface area contributed by atoms with Gasteiger partial charge in [-0.3, -0.25) is 0 Å². The van der Waals surface area contributed by atoms with Gasteiger partial charge in [0.15, 0.2) is 0 Å². The quantitative estimate of drug-likeness (QED) is 0.419. The standard InChI is InChI=1S/C10H19Si/c1-5-7-10(3)9-11(4)8-6-2/h5-6,10H,1-2,7-9H2,3-4H3. The molecule has 0 N–H and O–H groups in total. The molecular weight excluding hydrogens is 148 g/mol. The Balaban J connectivity index is 3.46. The van der Waals surface area contributed by atoms with Crippen molar-refractivity contribution in [3.8, 4) is 0 Å². The molecular formula is C10H19Si. The van der Waals surface area contributed by atoms with E-state index in [9.17, 15) is 0 Å². The number of hydrogen-bond acceptors (Lipinski definition) is 0. The normalized spacial score (nSPS) is 13.0. The van der Waals surface area contributed by atoms with Crippen LogP contribution in [-0.2, 0) is 0 Å². The van der Waals surface area contributed by atoms with Crippen molar-refractivity contribution < 1.29 is 0 Å². The minimum atomic E-state index is -0.127. The van der Waals surface area contributed by atoms with Gasteiger partial charge in [-0.25, -0.2) is 0 Å². The molecule has 1 radical (unpaired) electrons. The van der Waals surface area contributed by atoms with Crippen LogP contribution < -0.4 is 0 Å². The average Bonchev–Trinajstić information content (AvgIpc) is 1.87. The van der Waals surface area contributed by atoms with Gasteiger partial charge in [-0.1, -0.05) is 31.7 Å². The van der Waals surface area contributed by atoms with Crippen LogP contribution in [0.2, 0.25) is 18.6 Å². The molecule has 0 aliphatic carbocycles.